The summed E-state index contributed by atoms with van der Waals surface area (Å²) >= 11 is 0. The van der Waals surface area contributed by atoms with Crippen molar-refractivity contribution in [1.82, 2.24) is 10.1 Å². The normalized spacial score (nSPS) is 11.1. The highest BCUT2D eigenvalue weighted by Crippen LogP contribution is 2.26. The van der Waals surface area contributed by atoms with Crippen molar-refractivity contribution in [3.8, 4) is 11.3 Å². The van der Waals surface area contributed by atoms with Crippen LogP contribution in [-0.4, -0.2) is 16.0 Å². The molecule has 0 bridgehead atoms. The summed E-state index contributed by atoms with van der Waals surface area (Å²) in [5, 5.41) is 4.16. The van der Waals surface area contributed by atoms with Gasteiger partial charge in [0.15, 0.2) is 5.76 Å². The lowest BCUT2D eigenvalue weighted by Gasteiger charge is -2.23. The third kappa shape index (κ3) is 4.66. The van der Waals surface area contributed by atoms with Gasteiger partial charge in [0, 0.05) is 24.1 Å². The van der Waals surface area contributed by atoms with Crippen LogP contribution < -0.4 is 0 Å². The average Bonchev–Trinajstić information content (AvgIpc) is 3.10. The Bertz CT molecular complexity index is 961. The first-order valence-corrected chi connectivity index (χ1v) is 9.40. The third-order valence-corrected chi connectivity index (χ3v) is 4.65. The molecular weight excluding hydrogens is 355 g/mol. The molecule has 0 spiro atoms. The molecule has 0 unspecified atom stereocenters. The summed E-state index contributed by atoms with van der Waals surface area (Å²) in [5.41, 5.74) is 4.85. The Hall–Kier alpha value is -2.95. The lowest BCUT2D eigenvalue weighted by Crippen LogP contribution is -2.33. The summed E-state index contributed by atoms with van der Waals surface area (Å²) in [5.74, 6) is 0.262. The van der Waals surface area contributed by atoms with Crippen LogP contribution in [0, 0.1) is 25.6 Å². The minimum atomic E-state index is -0.292. The maximum Gasteiger partial charge on any atom is 0.225 e. The Morgan fingerprint density at radius 3 is 2.43 bits per heavy atom. The van der Waals surface area contributed by atoms with Gasteiger partial charge in [-0.1, -0.05) is 54.9 Å². The fourth-order valence-corrected chi connectivity index (χ4v) is 3.19. The molecular formula is C23H25FN2O2. The summed E-state index contributed by atoms with van der Waals surface area (Å²) < 4.78 is 18.7. The van der Waals surface area contributed by atoms with E-state index in [0.717, 1.165) is 16.7 Å². The van der Waals surface area contributed by atoms with Crippen molar-refractivity contribution >= 4 is 5.91 Å². The zero-order chi connectivity index (χ0) is 20.3. The van der Waals surface area contributed by atoms with Crippen LogP contribution in [-0.2, 0) is 17.9 Å². The first-order valence-electron chi connectivity index (χ1n) is 9.40. The average molecular weight is 380 g/mol. The highest BCUT2D eigenvalue weighted by atomic mass is 19.1. The summed E-state index contributed by atoms with van der Waals surface area (Å²) in [6.45, 7) is 8.54. The van der Waals surface area contributed by atoms with Crippen molar-refractivity contribution in [2.24, 2.45) is 5.92 Å². The highest BCUT2D eigenvalue weighted by molar-refractivity contribution is 5.78. The topological polar surface area (TPSA) is 46.3 Å². The van der Waals surface area contributed by atoms with E-state index in [1.165, 1.54) is 17.7 Å². The van der Waals surface area contributed by atoms with Crippen LogP contribution in [0.3, 0.4) is 0 Å². The maximum absolute atomic E-state index is 13.2. The molecule has 1 amide bonds. The van der Waals surface area contributed by atoms with E-state index in [1.807, 2.05) is 45.9 Å². The van der Waals surface area contributed by atoms with E-state index >= 15 is 0 Å². The van der Waals surface area contributed by atoms with Crippen molar-refractivity contribution in [3.63, 3.8) is 0 Å². The predicted octanol–water partition coefficient (Wildman–Crippen LogP) is 5.28. The van der Waals surface area contributed by atoms with E-state index in [0.29, 0.717) is 24.5 Å². The van der Waals surface area contributed by atoms with Crippen molar-refractivity contribution in [2.75, 3.05) is 0 Å². The molecule has 3 aromatic rings. The molecule has 0 atom stereocenters. The Kier molecular flexibility index (Phi) is 5.93. The molecule has 0 aliphatic rings. The van der Waals surface area contributed by atoms with E-state index < -0.39 is 0 Å². The standard InChI is InChI=1S/C23H25FN2O2/c1-15(2)23(27)26(13-18-6-8-19(24)9-7-18)14-20-12-22(28-25-20)21-10-5-16(3)11-17(21)4/h5-12,15H,13-14H2,1-4H3. The molecule has 0 saturated carbocycles. The van der Waals surface area contributed by atoms with Crippen molar-refractivity contribution < 1.29 is 13.7 Å². The van der Waals surface area contributed by atoms with Gasteiger partial charge in [-0.25, -0.2) is 4.39 Å². The zero-order valence-corrected chi connectivity index (χ0v) is 16.7. The molecule has 0 N–H and O–H groups in total. The van der Waals surface area contributed by atoms with Gasteiger partial charge in [0.2, 0.25) is 5.91 Å². The summed E-state index contributed by atoms with van der Waals surface area (Å²) in [6, 6.07) is 14.2. The second-order valence-electron chi connectivity index (χ2n) is 7.48. The molecule has 4 nitrogen and oxygen atoms in total. The van der Waals surface area contributed by atoms with Crippen LogP contribution >= 0.6 is 0 Å². The monoisotopic (exact) mass is 380 g/mol. The first-order chi connectivity index (χ1) is 13.3. The van der Waals surface area contributed by atoms with Crippen LogP contribution in [0.2, 0.25) is 0 Å². The smallest absolute Gasteiger partial charge is 0.225 e. The quantitative estimate of drug-likeness (QED) is 0.584. The molecule has 0 fully saturated rings. The summed E-state index contributed by atoms with van der Waals surface area (Å²) in [6.07, 6.45) is 0. The second kappa shape index (κ2) is 8.38. The van der Waals surface area contributed by atoms with Gasteiger partial charge >= 0.3 is 0 Å². The number of rotatable bonds is 6. The zero-order valence-electron chi connectivity index (χ0n) is 16.7. The molecule has 3 rings (SSSR count). The maximum atomic E-state index is 13.2. The fraction of sp³-hybridized carbons (Fsp3) is 0.304. The molecule has 1 aromatic heterocycles. The van der Waals surface area contributed by atoms with Crippen molar-refractivity contribution in [2.45, 2.75) is 40.8 Å². The van der Waals surface area contributed by atoms with Gasteiger partial charge in [-0.3, -0.25) is 4.79 Å². The van der Waals surface area contributed by atoms with E-state index in [2.05, 4.69) is 11.2 Å². The minimum absolute atomic E-state index is 0.0143. The van der Waals surface area contributed by atoms with Crippen LogP contribution in [0.25, 0.3) is 11.3 Å². The third-order valence-electron chi connectivity index (χ3n) is 4.65. The molecule has 28 heavy (non-hydrogen) atoms. The summed E-state index contributed by atoms with van der Waals surface area (Å²) in [4.78, 5) is 14.4. The van der Waals surface area contributed by atoms with Gasteiger partial charge in [0.25, 0.3) is 0 Å². The molecule has 146 valence electrons. The fourth-order valence-electron chi connectivity index (χ4n) is 3.19. The molecule has 1 heterocycles. The first kappa shape index (κ1) is 19.8. The van der Waals surface area contributed by atoms with E-state index in [-0.39, 0.29) is 17.6 Å². The minimum Gasteiger partial charge on any atom is -0.356 e. The van der Waals surface area contributed by atoms with Gasteiger partial charge in [-0.2, -0.15) is 0 Å². The van der Waals surface area contributed by atoms with Gasteiger partial charge in [0.1, 0.15) is 11.5 Å². The Balaban J connectivity index is 1.81. The number of halogens is 1. The van der Waals surface area contributed by atoms with Crippen LogP contribution in [0.1, 0.15) is 36.2 Å². The number of carbonyl (C=O) groups is 1. The number of amides is 1. The number of hydrogen-bond donors (Lipinski definition) is 0. The number of benzene rings is 2. The van der Waals surface area contributed by atoms with E-state index in [1.54, 1.807) is 17.0 Å². The van der Waals surface area contributed by atoms with Crippen LogP contribution in [0.4, 0.5) is 4.39 Å². The number of nitrogens with zero attached hydrogens (tertiary/aromatic N) is 2. The van der Waals surface area contributed by atoms with Gasteiger partial charge in [0.05, 0.1) is 6.54 Å². The van der Waals surface area contributed by atoms with Crippen LogP contribution in [0.5, 0.6) is 0 Å². The van der Waals surface area contributed by atoms with E-state index in [9.17, 15) is 9.18 Å². The predicted molar refractivity (Wildman–Crippen MR) is 107 cm³/mol. The molecule has 0 aliphatic carbocycles. The number of aromatic nitrogens is 1. The highest BCUT2D eigenvalue weighted by Gasteiger charge is 2.20. The van der Waals surface area contributed by atoms with E-state index in [4.69, 9.17) is 4.52 Å². The molecule has 5 heteroatoms. The lowest BCUT2D eigenvalue weighted by atomic mass is 10.0. The second-order valence-corrected chi connectivity index (χ2v) is 7.48. The Morgan fingerprint density at radius 2 is 1.79 bits per heavy atom. The largest absolute Gasteiger partial charge is 0.356 e. The van der Waals surface area contributed by atoms with Crippen molar-refractivity contribution in [1.29, 1.82) is 0 Å². The summed E-state index contributed by atoms with van der Waals surface area (Å²) in [7, 11) is 0. The number of aryl methyl sites for hydroxylation is 2. The SMILES string of the molecule is Cc1ccc(-c2cc(CN(Cc3ccc(F)cc3)C(=O)C(C)C)no2)c(C)c1. The Labute approximate surface area is 165 Å². The molecule has 2 aromatic carbocycles. The molecule has 0 saturated heterocycles. The molecule has 0 aliphatic heterocycles. The van der Waals surface area contributed by atoms with Crippen molar-refractivity contribution in [3.05, 3.63) is 76.7 Å². The van der Waals surface area contributed by atoms with Gasteiger partial charge < -0.3 is 9.42 Å². The molecule has 0 radical (unpaired) electrons. The van der Waals surface area contributed by atoms with Gasteiger partial charge in [-0.15, -0.1) is 0 Å². The number of carbonyl (C=O) groups excluding carboxylic acids is 1. The Morgan fingerprint density at radius 1 is 1.07 bits per heavy atom. The number of hydrogen-bond acceptors (Lipinski definition) is 3. The van der Waals surface area contributed by atoms with Crippen LogP contribution in [0.15, 0.2) is 53.1 Å². The lowest BCUT2D eigenvalue weighted by molar-refractivity contribution is -0.135. The van der Waals surface area contributed by atoms with Gasteiger partial charge in [-0.05, 0) is 37.1 Å².